The van der Waals surface area contributed by atoms with E-state index in [4.69, 9.17) is 9.47 Å². The molecule has 2 aliphatic heterocycles. The summed E-state index contributed by atoms with van der Waals surface area (Å²) in [5, 5.41) is 11.5. The third-order valence-electron chi connectivity index (χ3n) is 7.41. The SMILES string of the molecule is CCN(CC)CCN1C(=O)C(=O)C(=C(O)c2ccc3c(c2)C[C@H](C)O3)[C@H]1c1cccc(Oc2ccccc2)c1. The zero-order chi connectivity index (χ0) is 27.5. The minimum absolute atomic E-state index is 0.0513. The minimum atomic E-state index is -0.747. The van der Waals surface area contributed by atoms with E-state index in [0.717, 1.165) is 30.8 Å². The highest BCUT2D eigenvalue weighted by Crippen LogP contribution is 2.41. The van der Waals surface area contributed by atoms with Crippen LogP contribution in [0.5, 0.6) is 17.2 Å². The van der Waals surface area contributed by atoms with Crippen LogP contribution in [0.3, 0.4) is 0 Å². The van der Waals surface area contributed by atoms with Crippen molar-refractivity contribution in [3.8, 4) is 17.2 Å². The first kappa shape index (κ1) is 26.5. The standard InChI is InChI=1S/C32H34N2O5/c1-4-33(5-2)16-17-34-29(22-10-9-13-26(20-22)39-25-11-7-6-8-12-25)28(31(36)32(34)37)30(35)23-14-15-27-24(19-23)18-21(3)38-27/h6-15,19-21,29,35H,4-5,16-18H2,1-3H3/t21-,29+/m0/s1. The van der Waals surface area contributed by atoms with E-state index in [0.29, 0.717) is 35.7 Å². The molecule has 2 atom stereocenters. The number of carbonyl (C=O) groups excluding carboxylic acids is 2. The Bertz CT molecular complexity index is 1400. The molecule has 3 aromatic rings. The summed E-state index contributed by atoms with van der Waals surface area (Å²) in [6.07, 6.45) is 0.771. The average Bonchev–Trinajstić information content (AvgIpc) is 3.44. The van der Waals surface area contributed by atoms with E-state index in [1.54, 1.807) is 11.0 Å². The van der Waals surface area contributed by atoms with Crippen LogP contribution >= 0.6 is 0 Å². The number of likely N-dealkylation sites (N-methyl/N-ethyl adjacent to an activating group) is 1. The summed E-state index contributed by atoms with van der Waals surface area (Å²) in [5.41, 5.74) is 2.25. The summed E-state index contributed by atoms with van der Waals surface area (Å²) in [6.45, 7) is 8.77. The van der Waals surface area contributed by atoms with Crippen molar-refractivity contribution < 1.29 is 24.2 Å². The molecule has 2 heterocycles. The number of aliphatic hydroxyl groups excluding tert-OH is 1. The normalized spacial score (nSPS) is 19.8. The third-order valence-corrected chi connectivity index (χ3v) is 7.41. The smallest absolute Gasteiger partial charge is 0.295 e. The summed E-state index contributed by atoms with van der Waals surface area (Å²) >= 11 is 0. The minimum Gasteiger partial charge on any atom is -0.507 e. The van der Waals surface area contributed by atoms with Gasteiger partial charge in [-0.25, -0.2) is 0 Å². The fourth-order valence-electron chi connectivity index (χ4n) is 5.34. The molecule has 1 fully saturated rings. The van der Waals surface area contributed by atoms with Crippen LogP contribution in [0.2, 0.25) is 0 Å². The maximum atomic E-state index is 13.5. The molecule has 1 N–H and O–H groups in total. The van der Waals surface area contributed by atoms with Crippen molar-refractivity contribution in [2.45, 2.75) is 39.3 Å². The Labute approximate surface area is 229 Å². The highest BCUT2D eigenvalue weighted by molar-refractivity contribution is 6.46. The maximum absolute atomic E-state index is 13.5. The lowest BCUT2D eigenvalue weighted by molar-refractivity contribution is -0.140. The van der Waals surface area contributed by atoms with Crippen molar-refractivity contribution >= 4 is 17.4 Å². The number of hydrogen-bond donors (Lipinski definition) is 1. The van der Waals surface area contributed by atoms with E-state index in [-0.39, 0.29) is 17.4 Å². The van der Waals surface area contributed by atoms with Crippen LogP contribution in [0.15, 0.2) is 78.4 Å². The Kier molecular flexibility index (Phi) is 7.70. The number of likely N-dealkylation sites (tertiary alicyclic amines) is 1. The molecule has 1 amide bonds. The molecule has 0 saturated carbocycles. The first-order valence-corrected chi connectivity index (χ1v) is 13.5. The Hall–Kier alpha value is -4.10. The van der Waals surface area contributed by atoms with E-state index >= 15 is 0 Å². The fourth-order valence-corrected chi connectivity index (χ4v) is 5.34. The largest absolute Gasteiger partial charge is 0.507 e. The summed E-state index contributed by atoms with van der Waals surface area (Å²) in [6, 6.07) is 21.5. The van der Waals surface area contributed by atoms with Crippen molar-refractivity contribution in [3.05, 3.63) is 95.1 Å². The number of hydrogen-bond acceptors (Lipinski definition) is 6. The van der Waals surface area contributed by atoms with E-state index in [2.05, 4.69) is 18.7 Å². The number of carbonyl (C=O) groups is 2. The van der Waals surface area contributed by atoms with Gasteiger partial charge in [0.15, 0.2) is 0 Å². The van der Waals surface area contributed by atoms with Crippen LogP contribution in [-0.4, -0.2) is 58.9 Å². The molecule has 5 rings (SSSR count). The van der Waals surface area contributed by atoms with Gasteiger partial charge in [-0.05, 0) is 73.6 Å². The van der Waals surface area contributed by atoms with Gasteiger partial charge in [0.05, 0.1) is 11.6 Å². The predicted octanol–water partition coefficient (Wildman–Crippen LogP) is 5.57. The average molecular weight is 527 g/mol. The van der Waals surface area contributed by atoms with Crippen LogP contribution in [0.25, 0.3) is 5.76 Å². The van der Waals surface area contributed by atoms with Crippen LogP contribution in [-0.2, 0) is 16.0 Å². The molecule has 0 spiro atoms. The third kappa shape index (κ3) is 5.40. The topological polar surface area (TPSA) is 79.3 Å². The van der Waals surface area contributed by atoms with Gasteiger partial charge < -0.3 is 24.4 Å². The van der Waals surface area contributed by atoms with Crippen LogP contribution in [0.1, 0.15) is 43.5 Å². The van der Waals surface area contributed by atoms with Gasteiger partial charge in [0, 0.05) is 25.1 Å². The number of rotatable bonds is 9. The number of amides is 1. The Morgan fingerprint density at radius 1 is 1.00 bits per heavy atom. The molecule has 7 nitrogen and oxygen atoms in total. The second-order valence-corrected chi connectivity index (χ2v) is 9.96. The van der Waals surface area contributed by atoms with Crippen molar-refractivity contribution in [2.75, 3.05) is 26.2 Å². The molecule has 3 aromatic carbocycles. The van der Waals surface area contributed by atoms with Gasteiger partial charge in [-0.3, -0.25) is 9.59 Å². The molecule has 39 heavy (non-hydrogen) atoms. The lowest BCUT2D eigenvalue weighted by Gasteiger charge is -2.28. The second kappa shape index (κ2) is 11.3. The van der Waals surface area contributed by atoms with E-state index in [1.807, 2.05) is 73.7 Å². The monoisotopic (exact) mass is 526 g/mol. The molecule has 0 aromatic heterocycles. The van der Waals surface area contributed by atoms with E-state index in [1.165, 1.54) is 0 Å². The van der Waals surface area contributed by atoms with Crippen LogP contribution < -0.4 is 9.47 Å². The van der Waals surface area contributed by atoms with E-state index < -0.39 is 17.7 Å². The quantitative estimate of drug-likeness (QED) is 0.223. The number of nitrogens with zero attached hydrogens (tertiary/aromatic N) is 2. The molecule has 1 saturated heterocycles. The summed E-state index contributed by atoms with van der Waals surface area (Å²) in [5.74, 6) is 0.565. The van der Waals surface area contributed by atoms with Gasteiger partial charge in [-0.1, -0.05) is 44.2 Å². The molecule has 202 valence electrons. The number of ketones is 1. The zero-order valence-electron chi connectivity index (χ0n) is 22.6. The van der Waals surface area contributed by atoms with Crippen molar-refractivity contribution in [1.82, 2.24) is 9.80 Å². The lowest BCUT2D eigenvalue weighted by Crippen LogP contribution is -2.38. The number of benzene rings is 3. The predicted molar refractivity (Wildman–Crippen MR) is 150 cm³/mol. The molecule has 0 bridgehead atoms. The van der Waals surface area contributed by atoms with Crippen molar-refractivity contribution in [1.29, 1.82) is 0 Å². The Morgan fingerprint density at radius 2 is 1.74 bits per heavy atom. The van der Waals surface area contributed by atoms with Gasteiger partial charge in [-0.15, -0.1) is 0 Å². The molecule has 0 unspecified atom stereocenters. The van der Waals surface area contributed by atoms with Gasteiger partial charge in [0.2, 0.25) is 0 Å². The number of Topliss-reactive ketones (excluding diaryl/α,β-unsaturated/α-hetero) is 1. The summed E-state index contributed by atoms with van der Waals surface area (Å²) < 4.78 is 11.9. The molecular weight excluding hydrogens is 492 g/mol. The van der Waals surface area contributed by atoms with Crippen LogP contribution in [0.4, 0.5) is 0 Å². The van der Waals surface area contributed by atoms with Crippen molar-refractivity contribution in [2.24, 2.45) is 0 Å². The number of para-hydroxylation sites is 1. The summed E-state index contributed by atoms with van der Waals surface area (Å²) in [7, 11) is 0. The highest BCUT2D eigenvalue weighted by Gasteiger charge is 2.46. The lowest BCUT2D eigenvalue weighted by atomic mass is 9.94. The molecule has 7 heteroatoms. The number of ether oxygens (including phenoxy) is 2. The Balaban J connectivity index is 1.57. The Morgan fingerprint density at radius 3 is 2.49 bits per heavy atom. The van der Waals surface area contributed by atoms with Gasteiger partial charge in [0.25, 0.3) is 11.7 Å². The maximum Gasteiger partial charge on any atom is 0.295 e. The van der Waals surface area contributed by atoms with Crippen LogP contribution in [0, 0.1) is 0 Å². The molecule has 0 radical (unpaired) electrons. The first-order chi connectivity index (χ1) is 18.9. The second-order valence-electron chi connectivity index (χ2n) is 9.96. The highest BCUT2D eigenvalue weighted by atomic mass is 16.5. The number of aliphatic hydroxyl groups is 1. The molecule has 0 aliphatic carbocycles. The molecular formula is C32H34N2O5. The fraction of sp³-hybridized carbons (Fsp3) is 0.312. The van der Waals surface area contributed by atoms with Crippen molar-refractivity contribution in [3.63, 3.8) is 0 Å². The summed E-state index contributed by atoms with van der Waals surface area (Å²) in [4.78, 5) is 30.7. The zero-order valence-corrected chi connectivity index (χ0v) is 22.6. The molecule has 2 aliphatic rings. The first-order valence-electron chi connectivity index (χ1n) is 13.5. The number of fused-ring (bicyclic) bond motifs is 1. The van der Waals surface area contributed by atoms with Gasteiger partial charge in [-0.2, -0.15) is 0 Å². The van der Waals surface area contributed by atoms with Gasteiger partial charge >= 0.3 is 0 Å². The van der Waals surface area contributed by atoms with E-state index in [9.17, 15) is 14.7 Å². The van der Waals surface area contributed by atoms with Gasteiger partial charge in [0.1, 0.15) is 29.1 Å².